The minimum absolute atomic E-state index is 0.0505. The van der Waals surface area contributed by atoms with E-state index in [1.54, 1.807) is 0 Å². The molecule has 162 valence electrons. The smallest absolute Gasteiger partial charge is 0.332 e. The van der Waals surface area contributed by atoms with E-state index in [0.29, 0.717) is 13.0 Å². The monoisotopic (exact) mass is 412 g/mol. The molecule has 3 heterocycles. The van der Waals surface area contributed by atoms with Gasteiger partial charge in [-0.15, -0.1) is 0 Å². The summed E-state index contributed by atoms with van der Waals surface area (Å²) in [6.45, 7) is 4.15. The van der Waals surface area contributed by atoms with Gasteiger partial charge in [-0.2, -0.15) is 4.73 Å². The van der Waals surface area contributed by atoms with E-state index in [2.05, 4.69) is 4.98 Å². The highest BCUT2D eigenvalue weighted by molar-refractivity contribution is 5.69. The predicted molar refractivity (Wildman–Crippen MR) is 102 cm³/mol. The predicted octanol–water partition coefficient (Wildman–Crippen LogP) is -1.17. The van der Waals surface area contributed by atoms with Gasteiger partial charge in [-0.3, -0.25) is 13.9 Å². The van der Waals surface area contributed by atoms with E-state index in [-0.39, 0.29) is 17.7 Å². The summed E-state index contributed by atoms with van der Waals surface area (Å²) in [7, 11) is 0. The van der Waals surface area contributed by atoms with Crippen LogP contribution in [0.1, 0.15) is 39.5 Å². The zero-order valence-electron chi connectivity index (χ0n) is 16.6. The number of fused-ring (bicyclic) bond motifs is 1. The lowest BCUT2D eigenvalue weighted by atomic mass is 10.1. The molecule has 11 nitrogen and oxygen atoms in total. The number of aliphatic hydroxyl groups excluding tert-OH is 3. The Morgan fingerprint density at radius 1 is 1.10 bits per heavy atom. The van der Waals surface area contributed by atoms with Crippen LogP contribution in [0.15, 0.2) is 15.9 Å². The first-order valence-corrected chi connectivity index (χ1v) is 9.94. The van der Waals surface area contributed by atoms with E-state index >= 15 is 0 Å². The number of aliphatic hydroxyl groups is 3. The third kappa shape index (κ3) is 3.95. The van der Waals surface area contributed by atoms with Crippen LogP contribution in [0.3, 0.4) is 0 Å². The second kappa shape index (κ2) is 9.08. The number of nitrogens with zero attached hydrogens (tertiary/aromatic N) is 4. The van der Waals surface area contributed by atoms with Crippen molar-refractivity contribution in [1.82, 2.24) is 18.8 Å². The third-order valence-corrected chi connectivity index (χ3v) is 5.07. The first-order valence-electron chi connectivity index (χ1n) is 9.94. The maximum absolute atomic E-state index is 13.0. The summed E-state index contributed by atoms with van der Waals surface area (Å²) < 4.78 is 8.99. The van der Waals surface area contributed by atoms with Crippen LogP contribution in [0, 0.1) is 0 Å². The van der Waals surface area contributed by atoms with Crippen LogP contribution in [0.5, 0.6) is 0 Å². The summed E-state index contributed by atoms with van der Waals surface area (Å²) in [5, 5.41) is 29.2. The Balaban J connectivity index is 2.05. The van der Waals surface area contributed by atoms with Gasteiger partial charge in [0.1, 0.15) is 24.6 Å². The zero-order chi connectivity index (χ0) is 21.1. The Morgan fingerprint density at radius 3 is 2.34 bits per heavy atom. The molecule has 0 amide bonds. The largest absolute Gasteiger partial charge is 0.394 e. The number of unbranched alkanes of at least 4 members (excludes halogenated alkanes) is 2. The van der Waals surface area contributed by atoms with E-state index in [1.807, 2.05) is 13.8 Å². The van der Waals surface area contributed by atoms with Gasteiger partial charge in [0.05, 0.1) is 6.61 Å². The average Bonchev–Trinajstić information content (AvgIpc) is 3.24. The molecule has 0 spiro atoms. The van der Waals surface area contributed by atoms with Crippen molar-refractivity contribution in [3.05, 3.63) is 27.2 Å². The molecule has 3 N–H and O–H groups in total. The maximum Gasteiger partial charge on any atom is 0.332 e. The van der Waals surface area contributed by atoms with Crippen molar-refractivity contribution >= 4 is 11.2 Å². The van der Waals surface area contributed by atoms with Crippen LogP contribution in [0.4, 0.5) is 0 Å². The van der Waals surface area contributed by atoms with Gasteiger partial charge < -0.3 is 24.9 Å². The molecular weight excluding hydrogens is 384 g/mol. The Hall–Kier alpha value is -2.21. The highest BCUT2D eigenvalue weighted by Crippen LogP contribution is 2.21. The number of hydrogen-bond donors (Lipinski definition) is 3. The molecule has 11 heteroatoms. The quantitative estimate of drug-likeness (QED) is 0.468. The van der Waals surface area contributed by atoms with E-state index in [1.165, 1.54) is 15.5 Å². The molecule has 0 aromatic carbocycles. The average molecular weight is 412 g/mol. The summed E-state index contributed by atoms with van der Waals surface area (Å²) >= 11 is 0. The number of hydrogen-bond acceptors (Lipinski definition) is 8. The van der Waals surface area contributed by atoms with Crippen molar-refractivity contribution in [2.75, 3.05) is 6.61 Å². The van der Waals surface area contributed by atoms with Crippen molar-refractivity contribution in [1.29, 1.82) is 0 Å². The molecule has 0 bridgehead atoms. The second-order valence-corrected chi connectivity index (χ2v) is 7.15. The summed E-state index contributed by atoms with van der Waals surface area (Å²) in [6, 6.07) is 0. The number of ether oxygens (including phenoxy) is 1. The molecule has 1 fully saturated rings. The van der Waals surface area contributed by atoms with Gasteiger partial charge in [-0.1, -0.05) is 26.7 Å². The van der Waals surface area contributed by atoms with Crippen molar-refractivity contribution < 1.29 is 24.9 Å². The van der Waals surface area contributed by atoms with Gasteiger partial charge in [0.2, 0.25) is 0 Å². The normalized spacial score (nSPS) is 24.4. The zero-order valence-corrected chi connectivity index (χ0v) is 16.6. The molecule has 1 aliphatic rings. The van der Waals surface area contributed by atoms with Gasteiger partial charge in [0, 0.05) is 13.1 Å². The highest BCUT2D eigenvalue weighted by atomic mass is 16.8. The van der Waals surface area contributed by atoms with Crippen LogP contribution < -0.4 is 16.1 Å². The Bertz CT molecular complexity index is 950. The van der Waals surface area contributed by atoms with Crippen molar-refractivity contribution in [3.63, 3.8) is 0 Å². The van der Waals surface area contributed by atoms with E-state index < -0.39 is 42.5 Å². The van der Waals surface area contributed by atoms with Gasteiger partial charge in [0.15, 0.2) is 11.2 Å². The number of aromatic nitrogens is 4. The van der Waals surface area contributed by atoms with Crippen LogP contribution in [0.2, 0.25) is 0 Å². The molecule has 4 unspecified atom stereocenters. The fourth-order valence-electron chi connectivity index (χ4n) is 3.34. The molecular formula is C18H28N4O7. The second-order valence-electron chi connectivity index (χ2n) is 7.15. The number of aryl methyl sites for hydroxylation is 1. The van der Waals surface area contributed by atoms with Gasteiger partial charge in [0.25, 0.3) is 11.8 Å². The topological polar surface area (TPSA) is 141 Å². The first-order chi connectivity index (χ1) is 13.9. The van der Waals surface area contributed by atoms with Crippen molar-refractivity contribution in [2.45, 2.75) is 77.2 Å². The highest BCUT2D eigenvalue weighted by Gasteiger charge is 2.44. The minimum Gasteiger partial charge on any atom is -0.394 e. The summed E-state index contributed by atoms with van der Waals surface area (Å²) in [5.41, 5.74) is -0.722. The van der Waals surface area contributed by atoms with Crippen LogP contribution in [0.25, 0.3) is 11.2 Å². The summed E-state index contributed by atoms with van der Waals surface area (Å²) in [6.07, 6.45) is -0.748. The van der Waals surface area contributed by atoms with Crippen molar-refractivity contribution in [2.24, 2.45) is 0 Å². The fourth-order valence-corrected chi connectivity index (χ4v) is 3.34. The lowest BCUT2D eigenvalue weighted by Gasteiger charge is -2.17. The molecule has 4 atom stereocenters. The standard InChI is InChI=1S/C18H28N4O7/c1-3-5-7-20-15-12(16(26)21(18(20)27)8-6-4-2)22(10-19-15)29-17-14(25)13(24)11(9-23)28-17/h10-11,13-14,17,23-25H,3-9H2,1-2H3. The van der Waals surface area contributed by atoms with E-state index in [4.69, 9.17) is 9.57 Å². The molecule has 2 aromatic rings. The van der Waals surface area contributed by atoms with Crippen molar-refractivity contribution in [3.8, 4) is 0 Å². The lowest BCUT2D eigenvalue weighted by molar-refractivity contribution is -0.168. The summed E-state index contributed by atoms with van der Waals surface area (Å²) in [5.74, 6) is 0. The van der Waals surface area contributed by atoms with Crippen LogP contribution in [-0.2, 0) is 17.8 Å². The van der Waals surface area contributed by atoms with E-state index in [0.717, 1.165) is 24.0 Å². The van der Waals surface area contributed by atoms with Crippen LogP contribution >= 0.6 is 0 Å². The molecule has 2 aromatic heterocycles. The van der Waals surface area contributed by atoms with Crippen LogP contribution in [-0.4, -0.2) is 65.4 Å². The third-order valence-electron chi connectivity index (χ3n) is 5.07. The SMILES string of the molecule is CCCCn1c(=O)c2c(ncn2OC2OC(CO)C(O)C2O)n(CCCC)c1=O. The minimum atomic E-state index is -1.42. The number of rotatable bonds is 9. The molecule has 1 aliphatic heterocycles. The fraction of sp³-hybridized carbons (Fsp3) is 0.722. The molecule has 3 rings (SSSR count). The molecule has 0 radical (unpaired) electrons. The molecule has 0 saturated carbocycles. The van der Waals surface area contributed by atoms with E-state index in [9.17, 15) is 24.9 Å². The molecule has 29 heavy (non-hydrogen) atoms. The molecule has 1 saturated heterocycles. The van der Waals surface area contributed by atoms with Gasteiger partial charge >= 0.3 is 5.69 Å². The Morgan fingerprint density at radius 2 is 1.76 bits per heavy atom. The molecule has 0 aliphatic carbocycles. The lowest BCUT2D eigenvalue weighted by Crippen LogP contribution is -2.42. The number of imidazole rings is 1. The van der Waals surface area contributed by atoms with Gasteiger partial charge in [-0.05, 0) is 12.8 Å². The summed E-state index contributed by atoms with van der Waals surface area (Å²) in [4.78, 5) is 35.6. The maximum atomic E-state index is 13.0. The van der Waals surface area contributed by atoms with Gasteiger partial charge in [-0.25, -0.2) is 9.78 Å². The Labute approximate surface area is 166 Å². The Kier molecular flexibility index (Phi) is 6.73. The first kappa shape index (κ1) is 21.5.